The van der Waals surface area contributed by atoms with E-state index in [-0.39, 0.29) is 0 Å². The van der Waals surface area contributed by atoms with Crippen LogP contribution in [0.2, 0.25) is 0 Å². The van der Waals surface area contributed by atoms with E-state index < -0.39 is 34.5 Å². The van der Waals surface area contributed by atoms with Gasteiger partial charge >= 0.3 is 0 Å². The van der Waals surface area contributed by atoms with E-state index in [2.05, 4.69) is 18.3 Å². The zero-order chi connectivity index (χ0) is 15.6. The zero-order valence-corrected chi connectivity index (χ0v) is 11.5. The first-order chi connectivity index (χ1) is 9.88. The summed E-state index contributed by atoms with van der Waals surface area (Å²) in [5, 5.41) is 11.8. The second-order valence-electron chi connectivity index (χ2n) is 5.55. The van der Waals surface area contributed by atoms with Gasteiger partial charge in [-0.3, -0.25) is 4.79 Å². The minimum absolute atomic E-state index is 0.460. The van der Waals surface area contributed by atoms with Crippen LogP contribution in [0.5, 0.6) is 0 Å². The molecule has 0 unspecified atom stereocenters. The van der Waals surface area contributed by atoms with E-state index in [0.29, 0.717) is 24.8 Å². The van der Waals surface area contributed by atoms with Crippen LogP contribution in [0, 0.1) is 34.7 Å². The van der Waals surface area contributed by atoms with Gasteiger partial charge in [0, 0.05) is 0 Å². The normalized spacial score (nSPS) is 25.2. The van der Waals surface area contributed by atoms with Gasteiger partial charge < -0.3 is 5.32 Å². The molecule has 0 aromatic heterocycles. The monoisotopic (exact) mass is 296 g/mol. The zero-order valence-electron chi connectivity index (χ0n) is 11.5. The Morgan fingerprint density at radius 1 is 1.29 bits per heavy atom. The fourth-order valence-corrected chi connectivity index (χ4v) is 2.51. The number of amides is 1. The summed E-state index contributed by atoms with van der Waals surface area (Å²) in [6.07, 6.45) is 2.46. The van der Waals surface area contributed by atoms with Gasteiger partial charge in [-0.1, -0.05) is 6.92 Å². The Hall–Kier alpha value is -2.03. The molecule has 0 saturated heterocycles. The quantitative estimate of drug-likeness (QED) is 0.851. The third-order valence-electron chi connectivity index (χ3n) is 3.97. The van der Waals surface area contributed by atoms with Crippen LogP contribution in [-0.2, 0) is 0 Å². The SMILES string of the molecule is CC1CCC(C#N)(NC(=O)c2ccc(F)c(F)c2F)CC1. The summed E-state index contributed by atoms with van der Waals surface area (Å²) in [5.74, 6) is -5.02. The van der Waals surface area contributed by atoms with Crippen LogP contribution in [0.4, 0.5) is 13.2 Å². The van der Waals surface area contributed by atoms with Gasteiger partial charge in [0.2, 0.25) is 0 Å². The van der Waals surface area contributed by atoms with Gasteiger partial charge in [-0.25, -0.2) is 13.2 Å². The summed E-state index contributed by atoms with van der Waals surface area (Å²) < 4.78 is 39.6. The Morgan fingerprint density at radius 3 is 2.48 bits per heavy atom. The first-order valence-corrected chi connectivity index (χ1v) is 6.76. The lowest BCUT2D eigenvalue weighted by Gasteiger charge is -2.34. The van der Waals surface area contributed by atoms with Crippen molar-refractivity contribution in [3.63, 3.8) is 0 Å². The molecule has 0 heterocycles. The third-order valence-corrected chi connectivity index (χ3v) is 3.97. The van der Waals surface area contributed by atoms with Crippen LogP contribution in [0.15, 0.2) is 12.1 Å². The minimum atomic E-state index is -1.69. The summed E-state index contributed by atoms with van der Waals surface area (Å²) in [5.41, 5.74) is -1.66. The summed E-state index contributed by atoms with van der Waals surface area (Å²) in [7, 11) is 0. The maximum Gasteiger partial charge on any atom is 0.255 e. The number of halogens is 3. The van der Waals surface area contributed by atoms with E-state index in [1.165, 1.54) is 0 Å². The number of carbonyl (C=O) groups excluding carboxylic acids is 1. The topological polar surface area (TPSA) is 52.9 Å². The largest absolute Gasteiger partial charge is 0.334 e. The highest BCUT2D eigenvalue weighted by Crippen LogP contribution is 2.31. The predicted molar refractivity (Wildman–Crippen MR) is 69.8 cm³/mol. The van der Waals surface area contributed by atoms with Gasteiger partial charge in [0.15, 0.2) is 17.5 Å². The fourth-order valence-electron chi connectivity index (χ4n) is 2.51. The van der Waals surface area contributed by atoms with E-state index in [9.17, 15) is 23.2 Å². The number of hydrogen-bond donors (Lipinski definition) is 1. The van der Waals surface area contributed by atoms with Crippen molar-refractivity contribution in [3.05, 3.63) is 35.1 Å². The Kier molecular flexibility index (Phi) is 4.21. The summed E-state index contributed by atoms with van der Waals surface area (Å²) in [6, 6.07) is 3.63. The maximum atomic E-state index is 13.6. The number of hydrogen-bond acceptors (Lipinski definition) is 2. The second-order valence-corrected chi connectivity index (χ2v) is 5.55. The third kappa shape index (κ3) is 3.02. The summed E-state index contributed by atoms with van der Waals surface area (Å²) in [4.78, 5) is 12.1. The summed E-state index contributed by atoms with van der Waals surface area (Å²) >= 11 is 0. The van der Waals surface area contributed by atoms with Crippen LogP contribution < -0.4 is 5.32 Å². The average molecular weight is 296 g/mol. The molecule has 1 amide bonds. The Labute approximate surface area is 120 Å². The molecule has 0 aliphatic heterocycles. The van der Waals surface area contributed by atoms with Crippen LogP contribution >= 0.6 is 0 Å². The molecule has 1 aliphatic rings. The number of carbonyl (C=O) groups is 1. The molecular weight excluding hydrogens is 281 g/mol. The first-order valence-electron chi connectivity index (χ1n) is 6.76. The molecule has 2 rings (SSSR count). The standard InChI is InChI=1S/C15H15F3N2O/c1-9-4-6-15(8-19,7-5-9)20-14(21)10-2-3-11(16)13(18)12(10)17/h2-3,9H,4-7H2,1H3,(H,20,21). The fraction of sp³-hybridized carbons (Fsp3) is 0.467. The Morgan fingerprint density at radius 2 is 1.90 bits per heavy atom. The predicted octanol–water partition coefficient (Wildman–Crippen LogP) is 3.31. The second kappa shape index (κ2) is 5.76. The molecule has 3 nitrogen and oxygen atoms in total. The smallest absolute Gasteiger partial charge is 0.255 e. The minimum Gasteiger partial charge on any atom is -0.334 e. The van der Waals surface area contributed by atoms with Crippen molar-refractivity contribution in [3.8, 4) is 6.07 Å². The van der Waals surface area contributed by atoms with Crippen molar-refractivity contribution in [2.75, 3.05) is 0 Å². The summed E-state index contributed by atoms with van der Waals surface area (Å²) in [6.45, 7) is 2.05. The molecule has 1 aromatic carbocycles. The molecule has 6 heteroatoms. The number of rotatable bonds is 2. The highest BCUT2D eigenvalue weighted by atomic mass is 19.2. The van der Waals surface area contributed by atoms with Crippen LogP contribution in [0.25, 0.3) is 0 Å². The van der Waals surface area contributed by atoms with E-state index in [1.807, 2.05) is 0 Å². The maximum absolute atomic E-state index is 13.6. The van der Waals surface area contributed by atoms with E-state index in [1.54, 1.807) is 0 Å². The Bertz CT molecular complexity index is 602. The lowest BCUT2D eigenvalue weighted by atomic mass is 9.78. The van der Waals surface area contributed by atoms with Gasteiger partial charge in [-0.2, -0.15) is 5.26 Å². The van der Waals surface area contributed by atoms with Crippen molar-refractivity contribution in [2.24, 2.45) is 5.92 Å². The molecule has 1 N–H and O–H groups in total. The molecule has 0 bridgehead atoms. The number of benzene rings is 1. The molecule has 21 heavy (non-hydrogen) atoms. The van der Waals surface area contributed by atoms with Crippen LogP contribution in [0.1, 0.15) is 43.0 Å². The lowest BCUT2D eigenvalue weighted by molar-refractivity contribution is 0.0888. The number of nitrogens with one attached hydrogen (secondary N) is 1. The highest BCUT2D eigenvalue weighted by Gasteiger charge is 2.36. The van der Waals surface area contributed by atoms with Crippen molar-refractivity contribution in [1.29, 1.82) is 5.26 Å². The van der Waals surface area contributed by atoms with E-state index >= 15 is 0 Å². The highest BCUT2D eigenvalue weighted by molar-refractivity contribution is 5.95. The van der Waals surface area contributed by atoms with Crippen LogP contribution in [0.3, 0.4) is 0 Å². The van der Waals surface area contributed by atoms with Crippen molar-refractivity contribution in [2.45, 2.75) is 38.1 Å². The van der Waals surface area contributed by atoms with Crippen molar-refractivity contribution < 1.29 is 18.0 Å². The molecule has 1 aromatic rings. The van der Waals surface area contributed by atoms with E-state index in [0.717, 1.165) is 18.9 Å². The molecule has 0 radical (unpaired) electrons. The first kappa shape index (κ1) is 15.4. The van der Waals surface area contributed by atoms with Crippen molar-refractivity contribution in [1.82, 2.24) is 5.32 Å². The molecule has 1 saturated carbocycles. The van der Waals surface area contributed by atoms with Crippen LogP contribution in [-0.4, -0.2) is 11.4 Å². The van der Waals surface area contributed by atoms with Gasteiger partial charge in [0.25, 0.3) is 5.91 Å². The van der Waals surface area contributed by atoms with Gasteiger partial charge in [0.05, 0.1) is 11.6 Å². The van der Waals surface area contributed by atoms with Gasteiger partial charge in [-0.15, -0.1) is 0 Å². The number of nitriles is 1. The molecule has 0 spiro atoms. The molecule has 1 fully saturated rings. The van der Waals surface area contributed by atoms with Crippen molar-refractivity contribution >= 4 is 5.91 Å². The molecular formula is C15H15F3N2O. The van der Waals surface area contributed by atoms with Gasteiger partial charge in [0.1, 0.15) is 5.54 Å². The average Bonchev–Trinajstić information content (AvgIpc) is 2.47. The Balaban J connectivity index is 2.22. The van der Waals surface area contributed by atoms with Gasteiger partial charge in [-0.05, 0) is 43.7 Å². The molecule has 1 aliphatic carbocycles. The lowest BCUT2D eigenvalue weighted by Crippen LogP contribution is -2.49. The van der Waals surface area contributed by atoms with E-state index in [4.69, 9.17) is 0 Å². The molecule has 0 atom stereocenters. The number of nitrogens with zero attached hydrogens (tertiary/aromatic N) is 1. The molecule has 112 valence electrons.